The molecule has 0 unspecified atom stereocenters. The quantitative estimate of drug-likeness (QED) is 0.899. The number of sulfonamides is 1. The lowest BCUT2D eigenvalue weighted by atomic mass is 9.92. The second kappa shape index (κ2) is 6.08. The molecular weight excluding hydrogens is 337 g/mol. The molecule has 0 spiro atoms. The number of hydrogen-bond acceptors (Lipinski definition) is 4. The summed E-state index contributed by atoms with van der Waals surface area (Å²) in [6.45, 7) is 1.60. The summed E-state index contributed by atoms with van der Waals surface area (Å²) in [4.78, 5) is 13.9. The van der Waals surface area contributed by atoms with Crippen molar-refractivity contribution in [3.8, 4) is 0 Å². The molecule has 2 rings (SSSR count). The number of nitrogens with zero attached hydrogens (tertiary/aromatic N) is 2. The van der Waals surface area contributed by atoms with Gasteiger partial charge in [-0.15, -0.1) is 0 Å². The van der Waals surface area contributed by atoms with Crippen LogP contribution in [0, 0.1) is 5.92 Å². The molecule has 2 atom stereocenters. The zero-order valence-electron chi connectivity index (χ0n) is 12.1. The molecule has 0 saturated carbocycles. The van der Waals surface area contributed by atoms with Crippen LogP contribution in [0.25, 0.3) is 0 Å². The standard InChI is InChI=1S/C13H15F3N2O4S/c1-8-10(12(19)20)3-2-6-18(8)23(21,22)9-4-5-11(17-7-9)13(14,15)16/h4-5,7-8,10H,2-3,6H2,1H3,(H,19,20)/t8-,10-/m1/s1. The van der Waals surface area contributed by atoms with Gasteiger partial charge in [-0.05, 0) is 31.9 Å². The van der Waals surface area contributed by atoms with Crippen molar-refractivity contribution in [3.05, 3.63) is 24.0 Å². The van der Waals surface area contributed by atoms with Crippen LogP contribution in [0.5, 0.6) is 0 Å². The average molecular weight is 352 g/mol. The number of hydrogen-bond donors (Lipinski definition) is 1. The lowest BCUT2D eigenvalue weighted by Gasteiger charge is -2.36. The number of aliphatic carboxylic acids is 1. The van der Waals surface area contributed by atoms with E-state index in [1.165, 1.54) is 6.92 Å². The monoisotopic (exact) mass is 352 g/mol. The predicted molar refractivity (Wildman–Crippen MR) is 73.0 cm³/mol. The molecule has 0 radical (unpaired) electrons. The number of aromatic nitrogens is 1. The van der Waals surface area contributed by atoms with Gasteiger partial charge in [0.1, 0.15) is 10.6 Å². The molecule has 1 aliphatic rings. The van der Waals surface area contributed by atoms with E-state index in [4.69, 9.17) is 5.11 Å². The molecule has 10 heteroatoms. The van der Waals surface area contributed by atoms with E-state index >= 15 is 0 Å². The molecule has 1 aromatic rings. The van der Waals surface area contributed by atoms with Gasteiger partial charge in [-0.25, -0.2) is 8.42 Å². The summed E-state index contributed by atoms with van der Waals surface area (Å²) in [5.74, 6) is -1.94. The fourth-order valence-electron chi connectivity index (χ4n) is 2.62. The van der Waals surface area contributed by atoms with Crippen LogP contribution in [0.3, 0.4) is 0 Å². The molecule has 1 N–H and O–H groups in total. The van der Waals surface area contributed by atoms with Gasteiger partial charge in [0.2, 0.25) is 10.0 Å². The fraction of sp³-hybridized carbons (Fsp3) is 0.538. The lowest BCUT2D eigenvalue weighted by molar-refractivity contribution is -0.144. The Morgan fingerprint density at radius 3 is 2.52 bits per heavy atom. The second-order valence-electron chi connectivity index (χ2n) is 5.32. The second-order valence-corrected chi connectivity index (χ2v) is 7.21. The Balaban J connectivity index is 2.32. The van der Waals surface area contributed by atoms with Crippen LogP contribution in [-0.2, 0) is 21.0 Å². The predicted octanol–water partition coefficient (Wildman–Crippen LogP) is 1.97. The first-order valence-corrected chi connectivity index (χ1v) is 8.27. The molecule has 1 aromatic heterocycles. The van der Waals surface area contributed by atoms with E-state index in [-0.39, 0.29) is 11.4 Å². The summed E-state index contributed by atoms with van der Waals surface area (Å²) in [5, 5.41) is 9.13. The number of pyridine rings is 1. The SMILES string of the molecule is C[C@@H]1[C@H](C(=O)O)CCCN1S(=O)(=O)c1ccc(C(F)(F)F)nc1. The molecule has 1 saturated heterocycles. The van der Waals surface area contributed by atoms with Crippen molar-refractivity contribution in [2.75, 3.05) is 6.54 Å². The van der Waals surface area contributed by atoms with Gasteiger partial charge >= 0.3 is 12.1 Å². The van der Waals surface area contributed by atoms with Crippen LogP contribution in [-0.4, -0.2) is 41.4 Å². The third-order valence-corrected chi connectivity index (χ3v) is 5.85. The lowest BCUT2D eigenvalue weighted by Crippen LogP contribution is -2.49. The minimum atomic E-state index is -4.66. The zero-order chi connectivity index (χ0) is 17.4. The number of piperidine rings is 1. The van der Waals surface area contributed by atoms with Gasteiger partial charge < -0.3 is 5.11 Å². The average Bonchev–Trinajstić information content (AvgIpc) is 2.46. The third kappa shape index (κ3) is 3.47. The van der Waals surface area contributed by atoms with Crippen LogP contribution in [0.2, 0.25) is 0 Å². The fourth-order valence-corrected chi connectivity index (χ4v) is 4.27. The number of alkyl halides is 3. The van der Waals surface area contributed by atoms with Crippen molar-refractivity contribution < 1.29 is 31.5 Å². The number of rotatable bonds is 3. The number of halogens is 3. The van der Waals surface area contributed by atoms with E-state index < -0.39 is 39.8 Å². The van der Waals surface area contributed by atoms with E-state index in [1.807, 2.05) is 0 Å². The Labute approximate surface area is 131 Å². The Hall–Kier alpha value is -1.68. The van der Waals surface area contributed by atoms with Gasteiger partial charge in [0, 0.05) is 18.8 Å². The van der Waals surface area contributed by atoms with Crippen LogP contribution in [0.15, 0.2) is 23.2 Å². The highest BCUT2D eigenvalue weighted by Crippen LogP contribution is 2.31. The van der Waals surface area contributed by atoms with E-state index in [9.17, 15) is 26.4 Å². The van der Waals surface area contributed by atoms with E-state index in [2.05, 4.69) is 4.98 Å². The first-order valence-electron chi connectivity index (χ1n) is 6.83. The molecule has 6 nitrogen and oxygen atoms in total. The molecular formula is C13H15F3N2O4S. The smallest absolute Gasteiger partial charge is 0.433 e. The molecule has 2 heterocycles. The Bertz CT molecular complexity index is 688. The Morgan fingerprint density at radius 2 is 2.04 bits per heavy atom. The minimum absolute atomic E-state index is 0.119. The molecule has 1 aliphatic heterocycles. The van der Waals surface area contributed by atoms with Gasteiger partial charge in [0.15, 0.2) is 0 Å². The van der Waals surface area contributed by atoms with Crippen molar-refractivity contribution in [2.45, 2.75) is 36.9 Å². The molecule has 1 fully saturated rings. The summed E-state index contributed by atoms with van der Waals surface area (Å²) < 4.78 is 63.5. The number of carboxylic acids is 1. The van der Waals surface area contributed by atoms with Crippen molar-refractivity contribution in [2.24, 2.45) is 5.92 Å². The molecule has 0 bridgehead atoms. The van der Waals surface area contributed by atoms with Crippen molar-refractivity contribution >= 4 is 16.0 Å². The topological polar surface area (TPSA) is 87.6 Å². The maximum absolute atomic E-state index is 12.5. The summed E-state index contributed by atoms with van der Waals surface area (Å²) in [6, 6.07) is 0.645. The largest absolute Gasteiger partial charge is 0.481 e. The normalized spacial score (nSPS) is 23.7. The summed E-state index contributed by atoms with van der Waals surface area (Å²) >= 11 is 0. The van der Waals surface area contributed by atoms with Gasteiger partial charge in [-0.2, -0.15) is 17.5 Å². The van der Waals surface area contributed by atoms with E-state index in [0.29, 0.717) is 25.1 Å². The molecule has 0 aliphatic carbocycles. The maximum atomic E-state index is 12.5. The highest BCUT2D eigenvalue weighted by Gasteiger charge is 2.40. The van der Waals surface area contributed by atoms with Crippen molar-refractivity contribution in [3.63, 3.8) is 0 Å². The van der Waals surface area contributed by atoms with E-state index in [0.717, 1.165) is 10.4 Å². The third-order valence-electron chi connectivity index (χ3n) is 3.88. The van der Waals surface area contributed by atoms with Crippen LogP contribution in [0.1, 0.15) is 25.5 Å². The van der Waals surface area contributed by atoms with Gasteiger partial charge in [-0.3, -0.25) is 9.78 Å². The first kappa shape index (κ1) is 17.7. The van der Waals surface area contributed by atoms with Gasteiger partial charge in [-0.1, -0.05) is 0 Å². The summed E-state index contributed by atoms with van der Waals surface area (Å²) in [7, 11) is -4.10. The molecule has 23 heavy (non-hydrogen) atoms. The Kier molecular flexibility index (Phi) is 4.67. The highest BCUT2D eigenvalue weighted by molar-refractivity contribution is 7.89. The zero-order valence-corrected chi connectivity index (χ0v) is 12.9. The van der Waals surface area contributed by atoms with Crippen LogP contribution >= 0.6 is 0 Å². The van der Waals surface area contributed by atoms with Crippen molar-refractivity contribution in [1.29, 1.82) is 0 Å². The molecule has 128 valence electrons. The number of carboxylic acid groups (broad SMARTS) is 1. The number of carbonyl (C=O) groups is 1. The summed E-state index contributed by atoms with van der Waals surface area (Å²) in [6.07, 6.45) is -3.28. The highest BCUT2D eigenvalue weighted by atomic mass is 32.2. The summed E-state index contributed by atoms with van der Waals surface area (Å²) in [5.41, 5.74) is -1.19. The van der Waals surface area contributed by atoms with Gasteiger partial charge in [0.05, 0.1) is 5.92 Å². The van der Waals surface area contributed by atoms with Crippen LogP contribution in [0.4, 0.5) is 13.2 Å². The van der Waals surface area contributed by atoms with E-state index in [1.54, 1.807) is 0 Å². The molecule has 0 aromatic carbocycles. The molecule has 0 amide bonds. The maximum Gasteiger partial charge on any atom is 0.433 e. The van der Waals surface area contributed by atoms with Crippen LogP contribution < -0.4 is 0 Å². The van der Waals surface area contributed by atoms with Crippen molar-refractivity contribution in [1.82, 2.24) is 9.29 Å². The minimum Gasteiger partial charge on any atom is -0.481 e. The first-order chi connectivity index (χ1) is 10.5. The van der Waals surface area contributed by atoms with Gasteiger partial charge in [0.25, 0.3) is 0 Å². The Morgan fingerprint density at radius 1 is 1.39 bits per heavy atom.